The number of amides is 1. The molecule has 0 unspecified atom stereocenters. The minimum absolute atomic E-state index is 0.0431. The van der Waals surface area contributed by atoms with Gasteiger partial charge in [0.15, 0.2) is 0 Å². The summed E-state index contributed by atoms with van der Waals surface area (Å²) in [7, 11) is 0. The maximum Gasteiger partial charge on any atom is 0.416 e. The van der Waals surface area contributed by atoms with Crippen LogP contribution in [-0.2, 0) is 17.4 Å². The molecule has 0 fully saturated rings. The molecule has 0 spiro atoms. The van der Waals surface area contributed by atoms with Crippen LogP contribution in [0.5, 0.6) is 0 Å². The van der Waals surface area contributed by atoms with Gasteiger partial charge < -0.3 is 10.3 Å². The minimum atomic E-state index is -4.42. The summed E-state index contributed by atoms with van der Waals surface area (Å²) in [6, 6.07) is 11.7. The molecule has 7 heteroatoms. The van der Waals surface area contributed by atoms with Crippen LogP contribution in [0.3, 0.4) is 0 Å². The summed E-state index contributed by atoms with van der Waals surface area (Å²) in [6.45, 7) is 1.93. The molecule has 27 heavy (non-hydrogen) atoms. The van der Waals surface area contributed by atoms with Crippen LogP contribution >= 0.6 is 0 Å². The lowest BCUT2D eigenvalue weighted by Crippen LogP contribution is -2.17. The van der Waals surface area contributed by atoms with E-state index in [1.807, 2.05) is 25.1 Å². The molecule has 1 aromatic heterocycles. The Labute approximate surface area is 153 Å². The van der Waals surface area contributed by atoms with Crippen molar-refractivity contribution in [3.8, 4) is 0 Å². The topological polar surface area (TPSA) is 62.0 Å². The zero-order valence-corrected chi connectivity index (χ0v) is 14.5. The van der Waals surface area contributed by atoms with Gasteiger partial charge in [0.1, 0.15) is 0 Å². The lowest BCUT2D eigenvalue weighted by atomic mass is 10.1. The molecule has 0 aliphatic rings. The number of nitrogens with one attached hydrogen (secondary N) is 2. The Kier molecular flexibility index (Phi) is 5.03. The molecule has 0 saturated carbocycles. The summed E-state index contributed by atoms with van der Waals surface area (Å²) in [6.07, 6.45) is -4.15. The van der Waals surface area contributed by atoms with Gasteiger partial charge in [-0.15, -0.1) is 0 Å². The number of fused-ring (bicyclic) bond motifs is 1. The van der Waals surface area contributed by atoms with Crippen LogP contribution in [0.1, 0.15) is 23.1 Å². The van der Waals surface area contributed by atoms with Gasteiger partial charge in [0, 0.05) is 23.2 Å². The van der Waals surface area contributed by atoms with Crippen molar-refractivity contribution < 1.29 is 18.0 Å². The van der Waals surface area contributed by atoms with Crippen LogP contribution in [-0.4, -0.2) is 10.9 Å². The van der Waals surface area contributed by atoms with Gasteiger partial charge in [0.25, 0.3) is 5.56 Å². The van der Waals surface area contributed by atoms with E-state index in [-0.39, 0.29) is 30.0 Å². The second-order valence-electron chi connectivity index (χ2n) is 6.34. The van der Waals surface area contributed by atoms with E-state index in [1.54, 1.807) is 6.07 Å². The van der Waals surface area contributed by atoms with Crippen LogP contribution in [0.25, 0.3) is 10.9 Å². The number of halogens is 3. The zero-order valence-electron chi connectivity index (χ0n) is 14.5. The highest BCUT2D eigenvalue weighted by molar-refractivity contribution is 5.91. The smallest absolute Gasteiger partial charge is 0.326 e. The summed E-state index contributed by atoms with van der Waals surface area (Å²) in [5, 5.41) is 3.41. The average Bonchev–Trinajstić information content (AvgIpc) is 2.59. The fourth-order valence-electron chi connectivity index (χ4n) is 2.76. The Morgan fingerprint density at radius 2 is 1.78 bits per heavy atom. The van der Waals surface area contributed by atoms with Gasteiger partial charge in [0.2, 0.25) is 5.91 Å². The Morgan fingerprint density at radius 3 is 2.44 bits per heavy atom. The number of anilines is 1. The van der Waals surface area contributed by atoms with E-state index < -0.39 is 11.7 Å². The highest BCUT2D eigenvalue weighted by Gasteiger charge is 2.29. The van der Waals surface area contributed by atoms with Gasteiger partial charge in [-0.1, -0.05) is 12.1 Å². The van der Waals surface area contributed by atoms with Crippen LogP contribution in [0.2, 0.25) is 0 Å². The van der Waals surface area contributed by atoms with Crippen LogP contribution in [0.4, 0.5) is 18.9 Å². The van der Waals surface area contributed by atoms with Crippen LogP contribution in [0, 0.1) is 6.92 Å². The summed E-state index contributed by atoms with van der Waals surface area (Å²) < 4.78 is 37.6. The van der Waals surface area contributed by atoms with Gasteiger partial charge in [-0.05, 0) is 60.7 Å². The van der Waals surface area contributed by atoms with Gasteiger partial charge in [-0.3, -0.25) is 9.59 Å². The number of alkyl halides is 3. The molecule has 0 aliphatic heterocycles. The Bertz CT molecular complexity index is 1040. The molecule has 0 saturated heterocycles. The quantitative estimate of drug-likeness (QED) is 0.710. The molecule has 1 heterocycles. The van der Waals surface area contributed by atoms with Crippen molar-refractivity contribution in [3.05, 3.63) is 75.6 Å². The van der Waals surface area contributed by atoms with Crippen molar-refractivity contribution in [2.45, 2.75) is 25.9 Å². The number of pyridine rings is 1. The minimum Gasteiger partial charge on any atom is -0.326 e. The Morgan fingerprint density at radius 1 is 1.07 bits per heavy atom. The highest BCUT2D eigenvalue weighted by atomic mass is 19.4. The van der Waals surface area contributed by atoms with Crippen molar-refractivity contribution in [3.63, 3.8) is 0 Å². The molecule has 2 N–H and O–H groups in total. The standard InChI is InChI=1S/C20H17F3N2O2/c1-12-2-3-13-11-14(19(27)25-17(13)10-12)4-9-18(26)24-16-7-5-15(6-8-16)20(21,22)23/h2-3,5-8,10-11H,4,9H2,1H3,(H,24,26)(H,25,27). The lowest BCUT2D eigenvalue weighted by Gasteiger charge is -2.09. The zero-order chi connectivity index (χ0) is 19.6. The largest absolute Gasteiger partial charge is 0.416 e. The second-order valence-corrected chi connectivity index (χ2v) is 6.34. The van der Waals surface area contributed by atoms with Crippen molar-refractivity contribution in [2.75, 3.05) is 5.32 Å². The van der Waals surface area contributed by atoms with E-state index in [1.165, 1.54) is 12.1 Å². The number of rotatable bonds is 4. The van der Waals surface area contributed by atoms with E-state index >= 15 is 0 Å². The molecular weight excluding hydrogens is 357 g/mol. The van der Waals surface area contributed by atoms with E-state index in [0.717, 1.165) is 28.6 Å². The SMILES string of the molecule is Cc1ccc2cc(CCC(=O)Nc3ccc(C(F)(F)F)cc3)c(=O)[nH]c2c1. The van der Waals surface area contributed by atoms with Crippen molar-refractivity contribution in [1.29, 1.82) is 0 Å². The van der Waals surface area contributed by atoms with E-state index in [0.29, 0.717) is 5.56 Å². The first kappa shape index (κ1) is 18.7. The number of hydrogen-bond donors (Lipinski definition) is 2. The maximum absolute atomic E-state index is 12.5. The van der Waals surface area contributed by atoms with E-state index in [4.69, 9.17) is 0 Å². The number of hydrogen-bond acceptors (Lipinski definition) is 2. The molecule has 0 aliphatic carbocycles. The predicted molar refractivity (Wildman–Crippen MR) is 97.7 cm³/mol. The fourth-order valence-corrected chi connectivity index (χ4v) is 2.76. The molecular formula is C20H17F3N2O2. The number of carbonyl (C=O) groups excluding carboxylic acids is 1. The van der Waals surface area contributed by atoms with Crippen LogP contribution < -0.4 is 10.9 Å². The number of carbonyl (C=O) groups is 1. The Hall–Kier alpha value is -3.09. The monoisotopic (exact) mass is 374 g/mol. The number of benzene rings is 2. The molecule has 3 aromatic rings. The highest BCUT2D eigenvalue weighted by Crippen LogP contribution is 2.29. The van der Waals surface area contributed by atoms with Gasteiger partial charge in [-0.2, -0.15) is 13.2 Å². The second kappa shape index (κ2) is 7.26. The van der Waals surface area contributed by atoms with Gasteiger partial charge >= 0.3 is 6.18 Å². The lowest BCUT2D eigenvalue weighted by molar-refractivity contribution is -0.137. The molecule has 140 valence electrons. The predicted octanol–water partition coefficient (Wildman–Crippen LogP) is 4.43. The molecule has 1 amide bonds. The molecule has 3 rings (SSSR count). The van der Waals surface area contributed by atoms with Gasteiger partial charge in [-0.25, -0.2) is 0 Å². The van der Waals surface area contributed by atoms with Crippen molar-refractivity contribution in [2.24, 2.45) is 0 Å². The third-order valence-electron chi connectivity index (χ3n) is 4.20. The van der Waals surface area contributed by atoms with Crippen molar-refractivity contribution >= 4 is 22.5 Å². The molecule has 2 aromatic carbocycles. The first-order valence-corrected chi connectivity index (χ1v) is 8.32. The first-order chi connectivity index (χ1) is 12.7. The van der Waals surface area contributed by atoms with Crippen LogP contribution in [0.15, 0.2) is 53.3 Å². The molecule has 0 bridgehead atoms. The Balaban J connectivity index is 1.65. The van der Waals surface area contributed by atoms with E-state index in [2.05, 4.69) is 10.3 Å². The normalized spacial score (nSPS) is 11.6. The third-order valence-corrected chi connectivity index (χ3v) is 4.20. The molecule has 0 atom stereocenters. The summed E-state index contributed by atoms with van der Waals surface area (Å²) >= 11 is 0. The fraction of sp³-hybridized carbons (Fsp3) is 0.200. The van der Waals surface area contributed by atoms with E-state index in [9.17, 15) is 22.8 Å². The average molecular weight is 374 g/mol. The summed E-state index contributed by atoms with van der Waals surface area (Å²) in [5.41, 5.74) is 1.48. The number of aromatic nitrogens is 1. The van der Waals surface area contributed by atoms with Gasteiger partial charge in [0.05, 0.1) is 5.56 Å². The number of H-pyrrole nitrogens is 1. The number of aryl methyl sites for hydroxylation is 2. The maximum atomic E-state index is 12.5. The summed E-state index contributed by atoms with van der Waals surface area (Å²) in [5.74, 6) is -0.377. The number of aromatic amines is 1. The molecule has 4 nitrogen and oxygen atoms in total. The summed E-state index contributed by atoms with van der Waals surface area (Å²) in [4.78, 5) is 27.0. The first-order valence-electron chi connectivity index (χ1n) is 8.32. The third kappa shape index (κ3) is 4.55. The van der Waals surface area contributed by atoms with Crippen molar-refractivity contribution in [1.82, 2.24) is 4.98 Å². The molecule has 0 radical (unpaired) electrons.